The van der Waals surface area contributed by atoms with E-state index < -0.39 is 0 Å². The van der Waals surface area contributed by atoms with Crippen molar-refractivity contribution in [2.24, 2.45) is 0 Å². The minimum Gasteiger partial charge on any atom is -0.312 e. The van der Waals surface area contributed by atoms with Crippen molar-refractivity contribution >= 4 is 11.6 Å². The lowest BCUT2D eigenvalue weighted by molar-refractivity contribution is -0.118. The van der Waals surface area contributed by atoms with Crippen LogP contribution in [-0.4, -0.2) is 27.2 Å². The number of aryl methyl sites for hydroxylation is 1. The Morgan fingerprint density at radius 3 is 2.81 bits per heavy atom. The van der Waals surface area contributed by atoms with E-state index in [0.29, 0.717) is 25.1 Å². The molecule has 27 heavy (non-hydrogen) atoms. The maximum atomic E-state index is 12.6. The molecule has 4 rings (SSSR count). The second kappa shape index (κ2) is 7.53. The molecule has 0 saturated heterocycles. The summed E-state index contributed by atoms with van der Waals surface area (Å²) in [5, 5.41) is 4.41. The number of benzene rings is 1. The molecular weight excluding hydrogens is 340 g/mol. The molecule has 1 aliphatic heterocycles. The van der Waals surface area contributed by atoms with Crippen molar-refractivity contribution in [1.29, 1.82) is 0 Å². The molecule has 0 atom stereocenters. The molecule has 1 amide bonds. The molecule has 0 N–H and O–H groups in total. The lowest BCUT2D eigenvalue weighted by Gasteiger charge is -2.17. The summed E-state index contributed by atoms with van der Waals surface area (Å²) in [6, 6.07) is 14.9. The Morgan fingerprint density at radius 1 is 1.07 bits per heavy atom. The van der Waals surface area contributed by atoms with Crippen LogP contribution in [-0.2, 0) is 17.8 Å². The fourth-order valence-corrected chi connectivity index (χ4v) is 3.39. The summed E-state index contributed by atoms with van der Waals surface area (Å²) in [5.74, 6) is 0.0939. The molecule has 6 heteroatoms. The molecule has 3 heterocycles. The minimum atomic E-state index is -0.165. The monoisotopic (exact) mass is 360 g/mol. The van der Waals surface area contributed by atoms with Gasteiger partial charge in [-0.2, -0.15) is 5.10 Å². The van der Waals surface area contributed by atoms with Gasteiger partial charge in [-0.05, 0) is 42.7 Å². The van der Waals surface area contributed by atoms with Gasteiger partial charge >= 0.3 is 0 Å². The zero-order valence-corrected chi connectivity index (χ0v) is 14.9. The summed E-state index contributed by atoms with van der Waals surface area (Å²) in [5.41, 5.74) is 3.62. The van der Waals surface area contributed by atoms with Crippen LogP contribution in [0.5, 0.6) is 0 Å². The fourth-order valence-electron chi connectivity index (χ4n) is 3.39. The van der Waals surface area contributed by atoms with Gasteiger partial charge in [-0.15, -0.1) is 0 Å². The first-order chi connectivity index (χ1) is 13.2. The molecule has 0 aliphatic carbocycles. The quantitative estimate of drug-likeness (QED) is 0.701. The first-order valence-corrected chi connectivity index (χ1v) is 9.09. The van der Waals surface area contributed by atoms with Crippen molar-refractivity contribution in [3.8, 4) is 11.3 Å². The van der Waals surface area contributed by atoms with Gasteiger partial charge in [0.15, 0.2) is 0 Å². The number of nitrogens with zero attached hydrogens (tertiary/aromatic N) is 4. The third-order valence-corrected chi connectivity index (χ3v) is 4.77. The van der Waals surface area contributed by atoms with Crippen molar-refractivity contribution in [2.75, 3.05) is 11.4 Å². The Bertz CT molecular complexity index is 1010. The number of hydrogen-bond acceptors (Lipinski definition) is 4. The Morgan fingerprint density at radius 2 is 1.96 bits per heavy atom. The summed E-state index contributed by atoms with van der Waals surface area (Å²) >= 11 is 0. The lowest BCUT2D eigenvalue weighted by atomic mass is 10.2. The largest absolute Gasteiger partial charge is 0.312 e. The molecule has 0 saturated carbocycles. The summed E-state index contributed by atoms with van der Waals surface area (Å²) in [6.45, 7) is 1.14. The molecule has 0 bridgehead atoms. The second-order valence-electron chi connectivity index (χ2n) is 6.55. The van der Waals surface area contributed by atoms with E-state index in [-0.39, 0.29) is 11.5 Å². The van der Waals surface area contributed by atoms with Gasteiger partial charge in [-0.3, -0.25) is 14.6 Å². The maximum absolute atomic E-state index is 12.6. The maximum Gasteiger partial charge on any atom is 0.266 e. The third kappa shape index (κ3) is 3.65. The lowest BCUT2D eigenvalue weighted by Crippen LogP contribution is -2.29. The van der Waals surface area contributed by atoms with E-state index >= 15 is 0 Å². The fraction of sp³-hybridized carbons (Fsp3) is 0.238. The number of carbonyl (C=O) groups is 1. The van der Waals surface area contributed by atoms with Crippen LogP contribution in [0.3, 0.4) is 0 Å². The predicted octanol–water partition coefficient (Wildman–Crippen LogP) is 2.67. The van der Waals surface area contributed by atoms with E-state index in [1.54, 1.807) is 18.5 Å². The van der Waals surface area contributed by atoms with E-state index in [1.165, 1.54) is 16.3 Å². The highest BCUT2D eigenvalue weighted by atomic mass is 16.2. The zero-order chi connectivity index (χ0) is 18.6. The summed E-state index contributed by atoms with van der Waals surface area (Å²) in [7, 11) is 0. The van der Waals surface area contributed by atoms with Gasteiger partial charge in [-0.25, -0.2) is 4.68 Å². The van der Waals surface area contributed by atoms with Crippen LogP contribution in [0.25, 0.3) is 11.3 Å². The van der Waals surface area contributed by atoms with Crippen molar-refractivity contribution in [2.45, 2.75) is 25.8 Å². The van der Waals surface area contributed by atoms with Crippen molar-refractivity contribution in [1.82, 2.24) is 14.8 Å². The van der Waals surface area contributed by atoms with Crippen LogP contribution in [0.15, 0.2) is 65.7 Å². The van der Waals surface area contributed by atoms with Gasteiger partial charge in [0, 0.05) is 49.2 Å². The number of hydrogen-bond donors (Lipinski definition) is 0. The van der Waals surface area contributed by atoms with Crippen LogP contribution in [0.2, 0.25) is 0 Å². The number of carbonyl (C=O) groups excluding carboxylic acids is 1. The van der Waals surface area contributed by atoms with Crippen LogP contribution in [0, 0.1) is 0 Å². The minimum absolute atomic E-state index is 0.0939. The van der Waals surface area contributed by atoms with Gasteiger partial charge in [0.05, 0.1) is 5.69 Å². The average molecular weight is 360 g/mol. The summed E-state index contributed by atoms with van der Waals surface area (Å²) < 4.78 is 1.42. The van der Waals surface area contributed by atoms with Crippen LogP contribution in [0.1, 0.15) is 18.4 Å². The SMILES string of the molecule is O=C(CCCn1nc(-c2cccnc2)ccc1=O)N1CCc2ccccc21. The molecule has 1 aromatic carbocycles. The number of fused-ring (bicyclic) bond motifs is 1. The number of rotatable bonds is 5. The van der Waals surface area contributed by atoms with Gasteiger partial charge in [0.1, 0.15) is 0 Å². The average Bonchev–Trinajstić information content (AvgIpc) is 3.14. The number of amides is 1. The normalized spacial score (nSPS) is 12.8. The molecule has 6 nitrogen and oxygen atoms in total. The highest BCUT2D eigenvalue weighted by molar-refractivity contribution is 5.95. The molecule has 1 aliphatic rings. The van der Waals surface area contributed by atoms with Gasteiger partial charge in [0.2, 0.25) is 5.91 Å². The van der Waals surface area contributed by atoms with Gasteiger partial charge in [0.25, 0.3) is 5.56 Å². The molecule has 0 spiro atoms. The van der Waals surface area contributed by atoms with E-state index in [2.05, 4.69) is 16.1 Å². The van der Waals surface area contributed by atoms with Crippen LogP contribution in [0.4, 0.5) is 5.69 Å². The smallest absolute Gasteiger partial charge is 0.266 e. The molecule has 0 fully saturated rings. The number of pyridine rings is 1. The zero-order valence-electron chi connectivity index (χ0n) is 14.9. The van der Waals surface area contributed by atoms with Crippen molar-refractivity contribution < 1.29 is 4.79 Å². The Kier molecular flexibility index (Phi) is 4.78. The van der Waals surface area contributed by atoms with Crippen molar-refractivity contribution in [3.63, 3.8) is 0 Å². The van der Waals surface area contributed by atoms with E-state index in [4.69, 9.17) is 0 Å². The first kappa shape index (κ1) is 17.1. The van der Waals surface area contributed by atoms with E-state index in [0.717, 1.165) is 24.2 Å². The topological polar surface area (TPSA) is 68.1 Å². The standard InChI is InChI=1S/C21H20N4O2/c26-20(24-14-11-16-5-1-2-7-19(16)24)8-4-13-25-21(27)10-9-18(23-25)17-6-3-12-22-15-17/h1-3,5-7,9-10,12,15H,4,8,11,13-14H2. The van der Waals surface area contributed by atoms with E-state index in [1.807, 2.05) is 35.2 Å². The van der Waals surface area contributed by atoms with Crippen LogP contribution >= 0.6 is 0 Å². The second-order valence-corrected chi connectivity index (χ2v) is 6.55. The molecule has 0 unspecified atom stereocenters. The van der Waals surface area contributed by atoms with E-state index in [9.17, 15) is 9.59 Å². The molecule has 0 radical (unpaired) electrons. The third-order valence-electron chi connectivity index (χ3n) is 4.77. The summed E-state index contributed by atoms with van der Waals surface area (Å²) in [6.07, 6.45) is 5.27. The highest BCUT2D eigenvalue weighted by Crippen LogP contribution is 2.28. The Labute approximate surface area is 157 Å². The number of aromatic nitrogens is 3. The molecular formula is C21H20N4O2. The number of para-hydroxylation sites is 1. The highest BCUT2D eigenvalue weighted by Gasteiger charge is 2.23. The molecule has 136 valence electrons. The van der Waals surface area contributed by atoms with Crippen LogP contribution < -0.4 is 10.5 Å². The first-order valence-electron chi connectivity index (χ1n) is 9.09. The van der Waals surface area contributed by atoms with Gasteiger partial charge < -0.3 is 4.90 Å². The molecule has 3 aromatic rings. The number of anilines is 1. The Hall–Kier alpha value is -3.28. The predicted molar refractivity (Wildman–Crippen MR) is 103 cm³/mol. The van der Waals surface area contributed by atoms with Gasteiger partial charge in [-0.1, -0.05) is 18.2 Å². The summed E-state index contributed by atoms with van der Waals surface area (Å²) in [4.78, 5) is 30.6. The van der Waals surface area contributed by atoms with Crippen molar-refractivity contribution in [3.05, 3.63) is 76.8 Å². The molecule has 2 aromatic heterocycles. The Balaban J connectivity index is 1.41.